The first-order chi connectivity index (χ1) is 10.0. The van der Waals surface area contributed by atoms with Crippen molar-refractivity contribution in [3.63, 3.8) is 0 Å². The van der Waals surface area contributed by atoms with Crippen molar-refractivity contribution in [1.82, 2.24) is 5.32 Å². The smallest absolute Gasteiger partial charge is 0.126 e. The molecule has 0 amide bonds. The van der Waals surface area contributed by atoms with Gasteiger partial charge in [0.15, 0.2) is 0 Å². The van der Waals surface area contributed by atoms with Gasteiger partial charge in [-0.3, -0.25) is 0 Å². The average molecular weight is 356 g/mol. The molecule has 0 spiro atoms. The Hall–Kier alpha value is -0.410. The van der Waals surface area contributed by atoms with E-state index in [0.717, 1.165) is 34.8 Å². The van der Waals surface area contributed by atoms with Crippen LogP contribution in [0.1, 0.15) is 38.7 Å². The maximum absolute atomic E-state index is 14.1. The Morgan fingerprint density at radius 3 is 2.71 bits per heavy atom. The molecule has 3 unspecified atom stereocenters. The normalized spacial score (nSPS) is 26.3. The van der Waals surface area contributed by atoms with E-state index in [9.17, 15) is 4.39 Å². The first-order valence-electron chi connectivity index (χ1n) is 8.09. The van der Waals surface area contributed by atoms with E-state index in [0.29, 0.717) is 11.8 Å². The Bertz CT molecular complexity index is 461. The minimum atomic E-state index is -0.0620. The minimum Gasteiger partial charge on any atom is -0.319 e. The average Bonchev–Trinajstić information content (AvgIpc) is 2.44. The van der Waals surface area contributed by atoms with E-state index in [1.54, 1.807) is 12.1 Å². The van der Waals surface area contributed by atoms with Gasteiger partial charge in [-0.1, -0.05) is 29.8 Å². The summed E-state index contributed by atoms with van der Waals surface area (Å²) in [4.78, 5) is 0. The predicted molar refractivity (Wildman–Crippen MR) is 90.9 cm³/mol. The molecule has 0 saturated heterocycles. The van der Waals surface area contributed by atoms with E-state index in [1.807, 2.05) is 13.1 Å². The molecule has 0 aromatic heterocycles. The van der Waals surface area contributed by atoms with E-state index >= 15 is 0 Å². The number of hydrogen-bond donors (Lipinski definition) is 1. The number of benzene rings is 1. The van der Waals surface area contributed by atoms with Crippen LogP contribution in [-0.4, -0.2) is 13.6 Å². The quantitative estimate of drug-likeness (QED) is 0.780. The second-order valence-corrected chi connectivity index (χ2v) is 7.75. The highest BCUT2D eigenvalue weighted by Crippen LogP contribution is 2.39. The van der Waals surface area contributed by atoms with Crippen LogP contribution in [0.5, 0.6) is 0 Å². The summed E-state index contributed by atoms with van der Waals surface area (Å²) < 4.78 is 15.0. The summed E-state index contributed by atoms with van der Waals surface area (Å²) in [5.74, 6) is 2.72. The topological polar surface area (TPSA) is 12.0 Å². The van der Waals surface area contributed by atoms with Crippen LogP contribution in [0.4, 0.5) is 4.39 Å². The maximum atomic E-state index is 14.1. The van der Waals surface area contributed by atoms with Gasteiger partial charge in [0.05, 0.1) is 0 Å². The van der Waals surface area contributed by atoms with Gasteiger partial charge in [-0.15, -0.1) is 0 Å². The SMILES string of the molecule is CNCC1CCC(C(C)C)CC1Cc1cc(Br)ccc1F. The number of nitrogens with one attached hydrogen (secondary N) is 1. The van der Waals surface area contributed by atoms with Gasteiger partial charge in [-0.05, 0) is 86.7 Å². The Morgan fingerprint density at radius 2 is 2.05 bits per heavy atom. The van der Waals surface area contributed by atoms with Gasteiger partial charge in [0.2, 0.25) is 0 Å². The highest BCUT2D eigenvalue weighted by molar-refractivity contribution is 9.10. The van der Waals surface area contributed by atoms with Crippen molar-refractivity contribution in [2.75, 3.05) is 13.6 Å². The number of rotatable bonds is 5. The minimum absolute atomic E-state index is 0.0620. The first-order valence-corrected chi connectivity index (χ1v) is 8.89. The van der Waals surface area contributed by atoms with Crippen LogP contribution in [0.25, 0.3) is 0 Å². The first kappa shape index (κ1) is 17.0. The zero-order valence-electron chi connectivity index (χ0n) is 13.3. The summed E-state index contributed by atoms with van der Waals surface area (Å²) in [6.45, 7) is 5.69. The van der Waals surface area contributed by atoms with Crippen LogP contribution in [-0.2, 0) is 6.42 Å². The molecule has 1 N–H and O–H groups in total. The fourth-order valence-corrected chi connectivity index (χ4v) is 4.14. The third-order valence-corrected chi connectivity index (χ3v) is 5.57. The molecule has 1 aliphatic carbocycles. The zero-order valence-corrected chi connectivity index (χ0v) is 14.9. The zero-order chi connectivity index (χ0) is 15.4. The molecule has 118 valence electrons. The molecule has 0 heterocycles. The fourth-order valence-electron chi connectivity index (χ4n) is 3.73. The molecule has 0 radical (unpaired) electrons. The fraction of sp³-hybridized carbons (Fsp3) is 0.667. The molecular formula is C18H27BrFN. The lowest BCUT2D eigenvalue weighted by Crippen LogP contribution is -2.34. The van der Waals surface area contributed by atoms with E-state index in [2.05, 4.69) is 35.1 Å². The molecule has 1 aromatic rings. The third kappa shape index (κ3) is 4.53. The summed E-state index contributed by atoms with van der Waals surface area (Å²) in [6.07, 6.45) is 4.68. The Kier molecular flexibility index (Phi) is 6.24. The van der Waals surface area contributed by atoms with Crippen molar-refractivity contribution >= 4 is 15.9 Å². The monoisotopic (exact) mass is 355 g/mol. The highest BCUT2D eigenvalue weighted by Gasteiger charge is 2.31. The highest BCUT2D eigenvalue weighted by atomic mass is 79.9. The lowest BCUT2D eigenvalue weighted by molar-refractivity contribution is 0.145. The number of halogens is 2. The van der Waals surface area contributed by atoms with Crippen LogP contribution in [0.15, 0.2) is 22.7 Å². The maximum Gasteiger partial charge on any atom is 0.126 e. The van der Waals surface area contributed by atoms with Crippen molar-refractivity contribution in [3.8, 4) is 0 Å². The second-order valence-electron chi connectivity index (χ2n) is 6.83. The second kappa shape index (κ2) is 7.73. The summed E-state index contributed by atoms with van der Waals surface area (Å²) in [5, 5.41) is 3.32. The van der Waals surface area contributed by atoms with Gasteiger partial charge in [-0.2, -0.15) is 0 Å². The summed E-state index contributed by atoms with van der Waals surface area (Å²) in [5.41, 5.74) is 0.861. The van der Waals surface area contributed by atoms with Crippen LogP contribution in [0.3, 0.4) is 0 Å². The van der Waals surface area contributed by atoms with E-state index in [-0.39, 0.29) is 5.82 Å². The Balaban J connectivity index is 2.13. The molecule has 1 saturated carbocycles. The Morgan fingerprint density at radius 1 is 1.29 bits per heavy atom. The Labute approximate surface area is 136 Å². The summed E-state index contributed by atoms with van der Waals surface area (Å²) in [6, 6.07) is 5.31. The van der Waals surface area contributed by atoms with Gasteiger partial charge in [0, 0.05) is 4.47 Å². The van der Waals surface area contributed by atoms with Gasteiger partial charge in [0.1, 0.15) is 5.82 Å². The van der Waals surface area contributed by atoms with Crippen LogP contribution >= 0.6 is 15.9 Å². The van der Waals surface area contributed by atoms with Gasteiger partial charge >= 0.3 is 0 Å². The van der Waals surface area contributed by atoms with Gasteiger partial charge < -0.3 is 5.32 Å². The third-order valence-electron chi connectivity index (χ3n) is 5.08. The van der Waals surface area contributed by atoms with Crippen molar-refractivity contribution in [2.45, 2.75) is 39.5 Å². The molecule has 1 aliphatic rings. The molecule has 1 nitrogen and oxygen atoms in total. The predicted octanol–water partition coefficient (Wildman–Crippen LogP) is 5.04. The van der Waals surface area contributed by atoms with E-state index < -0.39 is 0 Å². The van der Waals surface area contributed by atoms with Crippen LogP contribution in [0.2, 0.25) is 0 Å². The molecule has 1 fully saturated rings. The molecule has 0 bridgehead atoms. The lowest BCUT2D eigenvalue weighted by Gasteiger charge is -2.38. The molecule has 3 atom stereocenters. The van der Waals surface area contributed by atoms with Crippen molar-refractivity contribution in [2.24, 2.45) is 23.7 Å². The van der Waals surface area contributed by atoms with Gasteiger partial charge in [-0.25, -0.2) is 4.39 Å². The molecule has 2 rings (SSSR count). The summed E-state index contributed by atoms with van der Waals surface area (Å²) in [7, 11) is 2.02. The standard InChI is InChI=1S/C18H27BrFN/c1-12(2)13-4-5-14(11-21-3)15(8-13)9-16-10-17(19)6-7-18(16)20/h6-7,10,12-15,21H,4-5,8-9,11H2,1-3H3. The molecular weight excluding hydrogens is 329 g/mol. The molecule has 0 aliphatic heterocycles. The summed E-state index contributed by atoms with van der Waals surface area (Å²) >= 11 is 3.46. The largest absolute Gasteiger partial charge is 0.319 e. The number of hydrogen-bond acceptors (Lipinski definition) is 1. The van der Waals surface area contributed by atoms with Crippen molar-refractivity contribution in [1.29, 1.82) is 0 Å². The molecule has 1 aromatic carbocycles. The van der Waals surface area contributed by atoms with Crippen molar-refractivity contribution < 1.29 is 4.39 Å². The van der Waals surface area contributed by atoms with Crippen LogP contribution in [0, 0.1) is 29.5 Å². The van der Waals surface area contributed by atoms with Gasteiger partial charge in [0.25, 0.3) is 0 Å². The lowest BCUT2D eigenvalue weighted by atomic mass is 9.68. The molecule has 3 heteroatoms. The van der Waals surface area contributed by atoms with E-state index in [4.69, 9.17) is 0 Å². The molecule has 21 heavy (non-hydrogen) atoms. The van der Waals surface area contributed by atoms with Crippen LogP contribution < -0.4 is 5.32 Å². The van der Waals surface area contributed by atoms with Crippen molar-refractivity contribution in [3.05, 3.63) is 34.1 Å². The van der Waals surface area contributed by atoms with E-state index in [1.165, 1.54) is 19.3 Å².